The van der Waals surface area contributed by atoms with Crippen LogP contribution in [-0.2, 0) is 4.74 Å². The van der Waals surface area contributed by atoms with Gasteiger partial charge in [0, 0.05) is 6.61 Å². The Hall–Kier alpha value is 0.210. The molecule has 0 spiro atoms. The van der Waals surface area contributed by atoms with E-state index in [0.717, 1.165) is 6.42 Å². The van der Waals surface area contributed by atoms with Crippen molar-refractivity contribution < 1.29 is 9.84 Å². The van der Waals surface area contributed by atoms with Crippen LogP contribution in [0.15, 0.2) is 0 Å². The fraction of sp³-hybridized carbons (Fsp3) is 1.00. The molecule has 10 heavy (non-hydrogen) atoms. The van der Waals surface area contributed by atoms with Crippen LogP contribution >= 0.6 is 11.6 Å². The molecule has 1 N–H and O–H groups in total. The van der Waals surface area contributed by atoms with Crippen molar-refractivity contribution in [3.05, 3.63) is 0 Å². The first-order valence-corrected chi connectivity index (χ1v) is 4.07. The summed E-state index contributed by atoms with van der Waals surface area (Å²) in [6, 6.07) is 0. The summed E-state index contributed by atoms with van der Waals surface area (Å²) in [4.78, 5) is 0. The SMILES string of the molecule is CCC1(O)COCCC1Cl. The summed E-state index contributed by atoms with van der Waals surface area (Å²) in [5.41, 5.74) is -0.778. The minimum Gasteiger partial charge on any atom is -0.386 e. The molecule has 0 amide bonds. The molecule has 1 aliphatic rings. The molecule has 0 aromatic rings. The zero-order chi connectivity index (χ0) is 7.61. The number of aliphatic hydroxyl groups is 1. The van der Waals surface area contributed by atoms with Crippen LogP contribution in [0.1, 0.15) is 19.8 Å². The van der Waals surface area contributed by atoms with Gasteiger partial charge in [-0.2, -0.15) is 0 Å². The van der Waals surface area contributed by atoms with Crippen LogP contribution in [0, 0.1) is 0 Å². The highest BCUT2D eigenvalue weighted by atomic mass is 35.5. The number of hydrogen-bond donors (Lipinski definition) is 1. The second-order valence-corrected chi connectivity index (χ2v) is 3.29. The molecule has 0 aromatic heterocycles. The fourth-order valence-corrected chi connectivity index (χ4v) is 1.42. The van der Waals surface area contributed by atoms with Crippen molar-refractivity contribution in [2.24, 2.45) is 0 Å². The number of alkyl halides is 1. The topological polar surface area (TPSA) is 29.5 Å². The predicted octanol–water partition coefficient (Wildman–Crippen LogP) is 1.16. The summed E-state index contributed by atoms with van der Waals surface area (Å²) in [7, 11) is 0. The Bertz CT molecular complexity index is 118. The summed E-state index contributed by atoms with van der Waals surface area (Å²) in [5.74, 6) is 0. The molecule has 60 valence electrons. The van der Waals surface area contributed by atoms with Crippen LogP contribution in [0.25, 0.3) is 0 Å². The molecule has 0 radical (unpaired) electrons. The molecule has 1 fully saturated rings. The van der Waals surface area contributed by atoms with Crippen molar-refractivity contribution in [3.8, 4) is 0 Å². The van der Waals surface area contributed by atoms with Gasteiger partial charge in [0.2, 0.25) is 0 Å². The largest absolute Gasteiger partial charge is 0.386 e. The molecule has 1 heterocycles. The molecule has 0 aliphatic carbocycles. The molecule has 0 bridgehead atoms. The van der Waals surface area contributed by atoms with Gasteiger partial charge in [0.1, 0.15) is 5.60 Å². The van der Waals surface area contributed by atoms with E-state index in [-0.39, 0.29) is 5.38 Å². The van der Waals surface area contributed by atoms with Gasteiger partial charge < -0.3 is 9.84 Å². The number of rotatable bonds is 1. The van der Waals surface area contributed by atoms with Crippen molar-refractivity contribution in [1.82, 2.24) is 0 Å². The minimum atomic E-state index is -0.778. The molecule has 1 saturated heterocycles. The molecule has 1 aliphatic heterocycles. The van der Waals surface area contributed by atoms with Gasteiger partial charge in [-0.3, -0.25) is 0 Å². The molecule has 1 rings (SSSR count). The second kappa shape index (κ2) is 3.07. The summed E-state index contributed by atoms with van der Waals surface area (Å²) >= 11 is 5.89. The smallest absolute Gasteiger partial charge is 0.104 e. The maximum atomic E-state index is 9.69. The van der Waals surface area contributed by atoms with E-state index in [1.165, 1.54) is 0 Å². The molecule has 0 saturated carbocycles. The van der Waals surface area contributed by atoms with Crippen molar-refractivity contribution >= 4 is 11.6 Å². The Labute approximate surface area is 66.1 Å². The van der Waals surface area contributed by atoms with E-state index in [1.807, 2.05) is 6.92 Å². The van der Waals surface area contributed by atoms with E-state index in [0.29, 0.717) is 19.6 Å². The highest BCUT2D eigenvalue weighted by Gasteiger charge is 2.36. The molecule has 2 nitrogen and oxygen atoms in total. The lowest BCUT2D eigenvalue weighted by Gasteiger charge is -2.35. The van der Waals surface area contributed by atoms with Crippen molar-refractivity contribution in [1.29, 1.82) is 0 Å². The average molecular weight is 165 g/mol. The van der Waals surface area contributed by atoms with Gasteiger partial charge in [-0.1, -0.05) is 6.92 Å². The lowest BCUT2D eigenvalue weighted by molar-refractivity contribution is -0.0833. The third-order valence-electron chi connectivity index (χ3n) is 2.06. The molecule has 2 unspecified atom stereocenters. The average Bonchev–Trinajstić information content (AvgIpc) is 1.96. The normalized spacial score (nSPS) is 41.7. The maximum Gasteiger partial charge on any atom is 0.104 e. The molecular weight excluding hydrogens is 152 g/mol. The van der Waals surface area contributed by atoms with E-state index in [1.54, 1.807) is 0 Å². The van der Waals surface area contributed by atoms with E-state index in [9.17, 15) is 5.11 Å². The fourth-order valence-electron chi connectivity index (χ4n) is 1.12. The van der Waals surface area contributed by atoms with Crippen molar-refractivity contribution in [2.75, 3.05) is 13.2 Å². The van der Waals surface area contributed by atoms with Crippen LogP contribution in [0.5, 0.6) is 0 Å². The van der Waals surface area contributed by atoms with Gasteiger partial charge in [-0.15, -0.1) is 11.6 Å². The van der Waals surface area contributed by atoms with Gasteiger partial charge in [0.25, 0.3) is 0 Å². The Morgan fingerprint density at radius 2 is 2.50 bits per heavy atom. The van der Waals surface area contributed by atoms with Crippen LogP contribution in [0.2, 0.25) is 0 Å². The van der Waals surface area contributed by atoms with Gasteiger partial charge >= 0.3 is 0 Å². The van der Waals surface area contributed by atoms with Crippen LogP contribution < -0.4 is 0 Å². The predicted molar refractivity (Wildman–Crippen MR) is 40.3 cm³/mol. The lowest BCUT2D eigenvalue weighted by atomic mass is 9.93. The zero-order valence-corrected chi connectivity index (χ0v) is 6.90. The Morgan fingerprint density at radius 3 is 2.90 bits per heavy atom. The summed E-state index contributed by atoms with van der Waals surface area (Å²) in [6.45, 7) is 2.98. The first-order chi connectivity index (χ1) is 4.69. The lowest BCUT2D eigenvalue weighted by Crippen LogP contribution is -2.47. The van der Waals surface area contributed by atoms with E-state index < -0.39 is 5.60 Å². The van der Waals surface area contributed by atoms with Gasteiger partial charge in [0.15, 0.2) is 0 Å². The highest BCUT2D eigenvalue weighted by Crippen LogP contribution is 2.27. The summed E-state index contributed by atoms with van der Waals surface area (Å²) in [6.07, 6.45) is 1.42. The van der Waals surface area contributed by atoms with Gasteiger partial charge in [0.05, 0.1) is 12.0 Å². The molecule has 2 atom stereocenters. The van der Waals surface area contributed by atoms with Crippen LogP contribution in [0.3, 0.4) is 0 Å². The van der Waals surface area contributed by atoms with E-state index in [2.05, 4.69) is 0 Å². The molecule has 3 heteroatoms. The van der Waals surface area contributed by atoms with Gasteiger partial charge in [-0.25, -0.2) is 0 Å². The zero-order valence-electron chi connectivity index (χ0n) is 6.14. The molecular formula is C7H13ClO2. The third-order valence-corrected chi connectivity index (χ3v) is 2.69. The third kappa shape index (κ3) is 1.44. The van der Waals surface area contributed by atoms with Crippen LogP contribution in [-0.4, -0.2) is 29.3 Å². The number of halogens is 1. The Balaban J connectivity index is 2.54. The van der Waals surface area contributed by atoms with E-state index in [4.69, 9.17) is 16.3 Å². The first-order valence-electron chi connectivity index (χ1n) is 3.63. The van der Waals surface area contributed by atoms with Crippen molar-refractivity contribution in [3.63, 3.8) is 0 Å². The highest BCUT2D eigenvalue weighted by molar-refractivity contribution is 6.21. The quantitative estimate of drug-likeness (QED) is 0.590. The monoisotopic (exact) mass is 164 g/mol. The van der Waals surface area contributed by atoms with E-state index >= 15 is 0 Å². The second-order valence-electron chi connectivity index (χ2n) is 2.77. The first kappa shape index (κ1) is 8.31. The summed E-state index contributed by atoms with van der Waals surface area (Å²) in [5, 5.41) is 9.56. The number of ether oxygens (including phenoxy) is 1. The Morgan fingerprint density at radius 1 is 1.80 bits per heavy atom. The Kier molecular flexibility index (Phi) is 2.55. The van der Waals surface area contributed by atoms with Crippen LogP contribution in [0.4, 0.5) is 0 Å². The summed E-state index contributed by atoms with van der Waals surface area (Å²) < 4.78 is 5.11. The van der Waals surface area contributed by atoms with Gasteiger partial charge in [-0.05, 0) is 12.8 Å². The maximum absolute atomic E-state index is 9.69. The molecule has 0 aromatic carbocycles. The standard InChI is InChI=1S/C7H13ClO2/c1-2-7(9)5-10-4-3-6(7)8/h6,9H,2-5H2,1H3. The van der Waals surface area contributed by atoms with Crippen molar-refractivity contribution in [2.45, 2.75) is 30.7 Å². The number of hydrogen-bond acceptors (Lipinski definition) is 2. The minimum absolute atomic E-state index is 0.133.